The van der Waals surface area contributed by atoms with Gasteiger partial charge in [-0.3, -0.25) is 4.79 Å². The maximum absolute atomic E-state index is 12.2. The standard InChI is InChI=1S/C18H25N3O.2ClH/c1-2-9-21-10-8-14-11-15(6-7-17(14)21)20-18(22)12-13-4-3-5-16(13)19;;/h6-8,10-11,13,16H,2-5,9,12,19H2,1H3,(H,20,22);2*1H/t13-,16+;;/m0../s1. The van der Waals surface area contributed by atoms with Gasteiger partial charge in [-0.15, -0.1) is 24.8 Å². The van der Waals surface area contributed by atoms with Gasteiger partial charge in [0.15, 0.2) is 0 Å². The monoisotopic (exact) mass is 371 g/mol. The van der Waals surface area contributed by atoms with Gasteiger partial charge in [0.25, 0.3) is 0 Å². The van der Waals surface area contributed by atoms with Gasteiger partial charge in [-0.2, -0.15) is 0 Å². The highest BCUT2D eigenvalue weighted by Gasteiger charge is 2.26. The first kappa shape index (κ1) is 20.8. The van der Waals surface area contributed by atoms with E-state index in [2.05, 4.69) is 35.1 Å². The second kappa shape index (κ2) is 9.30. The van der Waals surface area contributed by atoms with Crippen molar-refractivity contribution >= 4 is 47.3 Å². The number of halogens is 2. The zero-order valence-electron chi connectivity index (χ0n) is 14.0. The van der Waals surface area contributed by atoms with Crippen LogP contribution in [0.3, 0.4) is 0 Å². The fourth-order valence-electron chi connectivity index (χ4n) is 3.48. The number of aromatic nitrogens is 1. The van der Waals surface area contributed by atoms with Crippen molar-refractivity contribution in [1.82, 2.24) is 4.57 Å². The van der Waals surface area contributed by atoms with Crippen LogP contribution in [0, 0.1) is 5.92 Å². The van der Waals surface area contributed by atoms with Gasteiger partial charge in [0.2, 0.25) is 5.91 Å². The number of nitrogens with one attached hydrogen (secondary N) is 1. The van der Waals surface area contributed by atoms with Gasteiger partial charge in [-0.25, -0.2) is 0 Å². The van der Waals surface area contributed by atoms with E-state index in [9.17, 15) is 4.79 Å². The van der Waals surface area contributed by atoms with Crippen LogP contribution in [0.2, 0.25) is 0 Å². The fourth-order valence-corrected chi connectivity index (χ4v) is 3.48. The molecule has 3 rings (SSSR count). The lowest BCUT2D eigenvalue weighted by atomic mass is 10.00. The molecule has 1 aliphatic rings. The molecule has 0 unspecified atom stereocenters. The van der Waals surface area contributed by atoms with Crippen LogP contribution < -0.4 is 11.1 Å². The van der Waals surface area contributed by atoms with Gasteiger partial charge in [-0.1, -0.05) is 13.3 Å². The van der Waals surface area contributed by atoms with Crippen LogP contribution >= 0.6 is 24.8 Å². The molecule has 3 N–H and O–H groups in total. The first-order valence-corrected chi connectivity index (χ1v) is 8.31. The molecule has 6 heteroatoms. The zero-order chi connectivity index (χ0) is 15.5. The maximum atomic E-state index is 12.2. The molecule has 0 radical (unpaired) electrons. The number of anilines is 1. The molecule has 24 heavy (non-hydrogen) atoms. The number of benzene rings is 1. The van der Waals surface area contributed by atoms with E-state index < -0.39 is 0 Å². The summed E-state index contributed by atoms with van der Waals surface area (Å²) in [6, 6.07) is 8.42. The molecular formula is C18H27Cl2N3O. The summed E-state index contributed by atoms with van der Waals surface area (Å²) < 4.78 is 2.25. The minimum absolute atomic E-state index is 0. The van der Waals surface area contributed by atoms with E-state index in [0.717, 1.165) is 37.9 Å². The third-order valence-corrected chi connectivity index (χ3v) is 4.68. The first-order chi connectivity index (χ1) is 10.7. The van der Waals surface area contributed by atoms with Crippen molar-refractivity contribution < 1.29 is 4.79 Å². The summed E-state index contributed by atoms with van der Waals surface area (Å²) in [5.74, 6) is 0.420. The van der Waals surface area contributed by atoms with E-state index in [0.29, 0.717) is 12.3 Å². The molecule has 2 atom stereocenters. The number of aryl methyl sites for hydroxylation is 1. The quantitative estimate of drug-likeness (QED) is 0.820. The molecule has 0 spiro atoms. The third-order valence-electron chi connectivity index (χ3n) is 4.68. The Kier molecular flexibility index (Phi) is 8.07. The number of carbonyl (C=O) groups excluding carboxylic acids is 1. The molecule has 1 aromatic carbocycles. The number of hydrogen-bond acceptors (Lipinski definition) is 2. The second-order valence-electron chi connectivity index (χ2n) is 6.39. The average Bonchev–Trinajstić information content (AvgIpc) is 3.07. The Balaban J connectivity index is 0.00000144. The van der Waals surface area contributed by atoms with Gasteiger partial charge < -0.3 is 15.6 Å². The number of amides is 1. The number of rotatable bonds is 5. The predicted molar refractivity (Wildman–Crippen MR) is 105 cm³/mol. The van der Waals surface area contributed by atoms with Crippen molar-refractivity contribution in [2.75, 3.05) is 5.32 Å². The summed E-state index contributed by atoms with van der Waals surface area (Å²) in [6.07, 6.45) is 7.04. The van der Waals surface area contributed by atoms with Crippen LogP contribution in [0.4, 0.5) is 5.69 Å². The lowest BCUT2D eigenvalue weighted by molar-refractivity contribution is -0.117. The van der Waals surface area contributed by atoms with Crippen molar-refractivity contribution in [2.24, 2.45) is 11.7 Å². The molecule has 0 bridgehead atoms. The smallest absolute Gasteiger partial charge is 0.224 e. The SMILES string of the molecule is CCCn1ccc2cc(NC(=O)C[C@@H]3CCC[C@H]3N)ccc21.Cl.Cl. The van der Waals surface area contributed by atoms with Gasteiger partial charge in [0, 0.05) is 41.8 Å². The number of nitrogens with zero attached hydrogens (tertiary/aromatic N) is 1. The van der Waals surface area contributed by atoms with Gasteiger partial charge in [-0.05, 0) is 49.4 Å². The topological polar surface area (TPSA) is 60.0 Å². The average molecular weight is 372 g/mol. The van der Waals surface area contributed by atoms with Crippen LogP contribution in [-0.2, 0) is 11.3 Å². The van der Waals surface area contributed by atoms with Crippen LogP contribution in [0.5, 0.6) is 0 Å². The predicted octanol–water partition coefficient (Wildman–Crippen LogP) is 4.35. The van der Waals surface area contributed by atoms with E-state index >= 15 is 0 Å². The fraction of sp³-hybridized carbons (Fsp3) is 0.500. The molecule has 1 aromatic heterocycles. The van der Waals surface area contributed by atoms with Crippen molar-refractivity contribution in [3.63, 3.8) is 0 Å². The molecular weight excluding hydrogens is 345 g/mol. The van der Waals surface area contributed by atoms with Crippen LogP contribution in [-0.4, -0.2) is 16.5 Å². The molecule has 0 aliphatic heterocycles. The minimum Gasteiger partial charge on any atom is -0.347 e. The summed E-state index contributed by atoms with van der Waals surface area (Å²) in [7, 11) is 0. The van der Waals surface area contributed by atoms with Crippen LogP contribution in [0.25, 0.3) is 10.9 Å². The summed E-state index contributed by atoms with van der Waals surface area (Å²) in [6.45, 7) is 3.20. The van der Waals surface area contributed by atoms with E-state index in [4.69, 9.17) is 5.73 Å². The Bertz CT molecular complexity index is 671. The lowest BCUT2D eigenvalue weighted by Crippen LogP contribution is -2.28. The van der Waals surface area contributed by atoms with Crippen molar-refractivity contribution in [3.8, 4) is 0 Å². The van der Waals surface area contributed by atoms with Crippen molar-refractivity contribution in [1.29, 1.82) is 0 Å². The Labute approximate surface area is 156 Å². The highest BCUT2D eigenvalue weighted by atomic mass is 35.5. The number of carbonyl (C=O) groups is 1. The number of fused-ring (bicyclic) bond motifs is 1. The van der Waals surface area contributed by atoms with E-state index in [1.54, 1.807) is 0 Å². The molecule has 1 heterocycles. The summed E-state index contributed by atoms with van der Waals surface area (Å²) >= 11 is 0. The van der Waals surface area contributed by atoms with Gasteiger partial charge in [0.05, 0.1) is 0 Å². The highest BCUT2D eigenvalue weighted by Crippen LogP contribution is 2.27. The molecule has 134 valence electrons. The molecule has 0 saturated heterocycles. The Morgan fingerprint density at radius 3 is 2.75 bits per heavy atom. The maximum Gasteiger partial charge on any atom is 0.224 e. The number of nitrogens with two attached hydrogens (primary N) is 1. The summed E-state index contributed by atoms with van der Waals surface area (Å²) in [5.41, 5.74) is 8.14. The molecule has 1 aliphatic carbocycles. The summed E-state index contributed by atoms with van der Waals surface area (Å²) in [4.78, 5) is 12.2. The third kappa shape index (κ3) is 4.65. The molecule has 4 nitrogen and oxygen atoms in total. The molecule has 1 amide bonds. The van der Waals surface area contributed by atoms with Crippen LogP contribution in [0.1, 0.15) is 39.0 Å². The number of hydrogen-bond donors (Lipinski definition) is 2. The van der Waals surface area contributed by atoms with Crippen molar-refractivity contribution in [3.05, 3.63) is 30.5 Å². The van der Waals surface area contributed by atoms with Gasteiger partial charge in [0.1, 0.15) is 0 Å². The molecule has 2 aromatic rings. The van der Waals surface area contributed by atoms with E-state index in [1.165, 1.54) is 10.9 Å². The normalized spacial score (nSPS) is 19.6. The van der Waals surface area contributed by atoms with Gasteiger partial charge >= 0.3 is 0 Å². The first-order valence-electron chi connectivity index (χ1n) is 8.31. The molecule has 1 fully saturated rings. The van der Waals surface area contributed by atoms with Crippen molar-refractivity contribution in [2.45, 2.75) is 51.6 Å². The molecule has 1 saturated carbocycles. The van der Waals surface area contributed by atoms with E-state index in [-0.39, 0.29) is 36.8 Å². The lowest BCUT2D eigenvalue weighted by Gasteiger charge is -2.14. The summed E-state index contributed by atoms with van der Waals surface area (Å²) in [5, 5.41) is 4.19. The Morgan fingerprint density at radius 1 is 1.29 bits per heavy atom. The zero-order valence-corrected chi connectivity index (χ0v) is 15.7. The largest absolute Gasteiger partial charge is 0.347 e. The van der Waals surface area contributed by atoms with Crippen LogP contribution in [0.15, 0.2) is 30.5 Å². The highest BCUT2D eigenvalue weighted by molar-refractivity contribution is 5.94. The Morgan fingerprint density at radius 2 is 2.08 bits per heavy atom. The van der Waals surface area contributed by atoms with E-state index in [1.807, 2.05) is 12.1 Å². The Hall–Kier alpha value is -1.23. The second-order valence-corrected chi connectivity index (χ2v) is 6.39. The minimum atomic E-state index is 0.